The van der Waals surface area contributed by atoms with Gasteiger partial charge in [0.05, 0.1) is 12.2 Å². The molecule has 1 rings (SSSR count). The van der Waals surface area contributed by atoms with Crippen LogP contribution in [-0.2, 0) is 11.3 Å². The number of hydrogen-bond donors (Lipinski definition) is 1. The SMILES string of the molecule is CC(C)(C)OCCNCc1ccc(F)cc1. The van der Waals surface area contributed by atoms with Gasteiger partial charge in [0.2, 0.25) is 0 Å². The van der Waals surface area contributed by atoms with Gasteiger partial charge in [-0.1, -0.05) is 12.1 Å². The quantitative estimate of drug-likeness (QED) is 0.778. The van der Waals surface area contributed by atoms with Crippen LogP contribution in [0.2, 0.25) is 0 Å². The second kappa shape index (κ2) is 5.97. The van der Waals surface area contributed by atoms with Crippen molar-refractivity contribution in [2.24, 2.45) is 0 Å². The van der Waals surface area contributed by atoms with E-state index in [0.717, 1.165) is 18.7 Å². The van der Waals surface area contributed by atoms with Crippen LogP contribution in [0.3, 0.4) is 0 Å². The normalized spacial score (nSPS) is 11.8. The molecular formula is C13H20FNO. The summed E-state index contributed by atoms with van der Waals surface area (Å²) in [6, 6.07) is 6.52. The van der Waals surface area contributed by atoms with E-state index in [1.807, 2.05) is 20.8 Å². The number of hydrogen-bond acceptors (Lipinski definition) is 2. The van der Waals surface area contributed by atoms with Gasteiger partial charge in [-0.05, 0) is 38.5 Å². The van der Waals surface area contributed by atoms with E-state index in [-0.39, 0.29) is 11.4 Å². The molecule has 0 bridgehead atoms. The fourth-order valence-corrected chi connectivity index (χ4v) is 1.26. The predicted octanol–water partition coefficient (Wildman–Crippen LogP) is 2.73. The van der Waals surface area contributed by atoms with Crippen LogP contribution in [0.15, 0.2) is 24.3 Å². The number of rotatable bonds is 5. The Morgan fingerprint density at radius 2 is 1.81 bits per heavy atom. The van der Waals surface area contributed by atoms with Crippen molar-refractivity contribution in [3.05, 3.63) is 35.6 Å². The Morgan fingerprint density at radius 1 is 1.19 bits per heavy atom. The molecule has 2 nitrogen and oxygen atoms in total. The largest absolute Gasteiger partial charge is 0.375 e. The molecule has 1 aromatic rings. The molecular weight excluding hydrogens is 205 g/mol. The van der Waals surface area contributed by atoms with Crippen molar-refractivity contribution in [2.75, 3.05) is 13.2 Å². The van der Waals surface area contributed by atoms with Crippen LogP contribution < -0.4 is 5.32 Å². The molecule has 0 saturated heterocycles. The molecule has 0 atom stereocenters. The van der Waals surface area contributed by atoms with Gasteiger partial charge < -0.3 is 10.1 Å². The third kappa shape index (κ3) is 5.83. The van der Waals surface area contributed by atoms with Gasteiger partial charge in [0, 0.05) is 13.1 Å². The van der Waals surface area contributed by atoms with Gasteiger partial charge in [-0.25, -0.2) is 4.39 Å². The van der Waals surface area contributed by atoms with Gasteiger partial charge in [-0.2, -0.15) is 0 Å². The van der Waals surface area contributed by atoms with E-state index in [1.54, 1.807) is 12.1 Å². The van der Waals surface area contributed by atoms with Crippen molar-refractivity contribution >= 4 is 0 Å². The van der Waals surface area contributed by atoms with Crippen LogP contribution in [0, 0.1) is 5.82 Å². The van der Waals surface area contributed by atoms with Gasteiger partial charge in [0.1, 0.15) is 5.82 Å². The number of benzene rings is 1. The van der Waals surface area contributed by atoms with Crippen molar-refractivity contribution in [1.82, 2.24) is 5.32 Å². The standard InChI is InChI=1S/C13H20FNO/c1-13(2,3)16-9-8-15-10-11-4-6-12(14)7-5-11/h4-7,15H,8-10H2,1-3H3. The molecule has 0 saturated carbocycles. The van der Waals surface area contributed by atoms with Crippen LogP contribution in [0.4, 0.5) is 4.39 Å². The first kappa shape index (κ1) is 13.1. The fourth-order valence-electron chi connectivity index (χ4n) is 1.26. The Kier molecular flexibility index (Phi) is 4.90. The summed E-state index contributed by atoms with van der Waals surface area (Å²) in [5.41, 5.74) is 0.995. The van der Waals surface area contributed by atoms with Gasteiger partial charge in [-0.15, -0.1) is 0 Å². The number of halogens is 1. The van der Waals surface area contributed by atoms with E-state index in [1.165, 1.54) is 12.1 Å². The lowest BCUT2D eigenvalue weighted by Crippen LogP contribution is -2.26. The molecule has 16 heavy (non-hydrogen) atoms. The average molecular weight is 225 g/mol. The molecule has 0 radical (unpaired) electrons. The summed E-state index contributed by atoms with van der Waals surface area (Å²) in [7, 11) is 0. The van der Waals surface area contributed by atoms with Crippen LogP contribution >= 0.6 is 0 Å². The third-order valence-electron chi connectivity index (χ3n) is 2.06. The summed E-state index contributed by atoms with van der Waals surface area (Å²) >= 11 is 0. The van der Waals surface area contributed by atoms with Crippen molar-refractivity contribution in [1.29, 1.82) is 0 Å². The highest BCUT2D eigenvalue weighted by molar-refractivity contribution is 5.15. The lowest BCUT2D eigenvalue weighted by Gasteiger charge is -2.19. The van der Waals surface area contributed by atoms with E-state index in [9.17, 15) is 4.39 Å². The van der Waals surface area contributed by atoms with Crippen molar-refractivity contribution in [3.8, 4) is 0 Å². The highest BCUT2D eigenvalue weighted by Gasteiger charge is 2.08. The van der Waals surface area contributed by atoms with Crippen LogP contribution in [-0.4, -0.2) is 18.8 Å². The molecule has 3 heteroatoms. The Hall–Kier alpha value is -0.930. The van der Waals surface area contributed by atoms with E-state index in [4.69, 9.17) is 4.74 Å². The van der Waals surface area contributed by atoms with Gasteiger partial charge in [0.25, 0.3) is 0 Å². The topological polar surface area (TPSA) is 21.3 Å². The second-order valence-corrected chi connectivity index (χ2v) is 4.76. The molecule has 0 heterocycles. The minimum Gasteiger partial charge on any atom is -0.375 e. The summed E-state index contributed by atoms with van der Waals surface area (Å²) in [5, 5.41) is 3.25. The van der Waals surface area contributed by atoms with E-state index in [0.29, 0.717) is 6.61 Å². The number of ether oxygens (including phenoxy) is 1. The van der Waals surface area contributed by atoms with Gasteiger partial charge in [0.15, 0.2) is 0 Å². The summed E-state index contributed by atoms with van der Waals surface area (Å²) in [5.74, 6) is -0.195. The molecule has 0 amide bonds. The van der Waals surface area contributed by atoms with E-state index >= 15 is 0 Å². The van der Waals surface area contributed by atoms with Crippen LogP contribution in [0.1, 0.15) is 26.3 Å². The van der Waals surface area contributed by atoms with E-state index < -0.39 is 0 Å². The summed E-state index contributed by atoms with van der Waals surface area (Å²) in [6.45, 7) is 8.33. The van der Waals surface area contributed by atoms with Gasteiger partial charge >= 0.3 is 0 Å². The second-order valence-electron chi connectivity index (χ2n) is 4.76. The molecule has 0 aliphatic heterocycles. The minimum absolute atomic E-state index is 0.0858. The molecule has 1 aromatic carbocycles. The first-order valence-corrected chi connectivity index (χ1v) is 5.56. The molecule has 0 unspecified atom stereocenters. The van der Waals surface area contributed by atoms with E-state index in [2.05, 4.69) is 5.32 Å². The monoisotopic (exact) mass is 225 g/mol. The smallest absolute Gasteiger partial charge is 0.123 e. The predicted molar refractivity (Wildman–Crippen MR) is 63.8 cm³/mol. The first-order chi connectivity index (χ1) is 7.47. The Bertz CT molecular complexity index is 303. The molecule has 0 spiro atoms. The Morgan fingerprint density at radius 3 is 2.38 bits per heavy atom. The zero-order valence-electron chi connectivity index (χ0n) is 10.2. The lowest BCUT2D eigenvalue weighted by molar-refractivity contribution is -0.000886. The lowest BCUT2D eigenvalue weighted by atomic mass is 10.2. The average Bonchev–Trinajstić information content (AvgIpc) is 2.19. The zero-order chi connectivity index (χ0) is 12.0. The maximum Gasteiger partial charge on any atom is 0.123 e. The maximum atomic E-state index is 12.6. The van der Waals surface area contributed by atoms with Gasteiger partial charge in [-0.3, -0.25) is 0 Å². The molecule has 0 aromatic heterocycles. The molecule has 90 valence electrons. The minimum atomic E-state index is -0.195. The third-order valence-corrected chi connectivity index (χ3v) is 2.06. The summed E-state index contributed by atoms with van der Waals surface area (Å²) in [4.78, 5) is 0. The Labute approximate surface area is 96.8 Å². The highest BCUT2D eigenvalue weighted by atomic mass is 19.1. The molecule has 0 aliphatic carbocycles. The molecule has 0 fully saturated rings. The molecule has 0 aliphatic rings. The molecule has 1 N–H and O–H groups in total. The highest BCUT2D eigenvalue weighted by Crippen LogP contribution is 2.05. The first-order valence-electron chi connectivity index (χ1n) is 5.56. The van der Waals surface area contributed by atoms with Crippen LogP contribution in [0.5, 0.6) is 0 Å². The maximum absolute atomic E-state index is 12.6. The van der Waals surface area contributed by atoms with Crippen LogP contribution in [0.25, 0.3) is 0 Å². The Balaban J connectivity index is 2.14. The van der Waals surface area contributed by atoms with Crippen molar-refractivity contribution in [2.45, 2.75) is 32.9 Å². The summed E-state index contributed by atoms with van der Waals surface area (Å²) < 4.78 is 18.2. The van der Waals surface area contributed by atoms with Crippen molar-refractivity contribution < 1.29 is 9.13 Å². The fraction of sp³-hybridized carbons (Fsp3) is 0.538. The zero-order valence-corrected chi connectivity index (χ0v) is 10.2. The summed E-state index contributed by atoms with van der Waals surface area (Å²) in [6.07, 6.45) is 0. The number of nitrogens with one attached hydrogen (secondary N) is 1. The van der Waals surface area contributed by atoms with Crippen molar-refractivity contribution in [3.63, 3.8) is 0 Å².